The van der Waals surface area contributed by atoms with Crippen LogP contribution in [0.3, 0.4) is 0 Å². The number of aliphatic hydroxyl groups excluding tert-OH is 1. The molecule has 5 heteroatoms. The molecule has 1 aromatic carbocycles. The number of hydrogen-bond donors (Lipinski definition) is 1. The molecule has 0 radical (unpaired) electrons. The van der Waals surface area contributed by atoms with Gasteiger partial charge < -0.3 is 19.5 Å². The highest BCUT2D eigenvalue weighted by Crippen LogP contribution is 2.34. The largest absolute Gasteiger partial charge is 0.633 e. The highest BCUT2D eigenvalue weighted by Gasteiger charge is 2.28. The Morgan fingerprint density at radius 1 is 1.28 bits per heavy atom. The van der Waals surface area contributed by atoms with Crippen molar-refractivity contribution in [2.24, 2.45) is 0 Å². The quantitative estimate of drug-likeness (QED) is 0.590. The Balaban J connectivity index is 1.81. The number of benzene rings is 1. The minimum atomic E-state index is -0.598. The van der Waals surface area contributed by atoms with E-state index in [4.69, 9.17) is 0 Å². The van der Waals surface area contributed by atoms with E-state index in [0.717, 1.165) is 28.5 Å². The lowest BCUT2D eigenvalue weighted by atomic mass is 10.0. The molecule has 0 fully saturated rings. The van der Waals surface area contributed by atoms with Gasteiger partial charge in [-0.05, 0) is 36.8 Å². The topological polar surface area (TPSA) is 61.1 Å². The molecule has 0 saturated heterocycles. The fraction of sp³-hybridized carbons (Fsp3) is 0.350. The smallest absolute Gasteiger partial charge is 0.106 e. The number of aromatic nitrogens is 2. The van der Waals surface area contributed by atoms with Crippen molar-refractivity contribution in [1.29, 1.82) is 0 Å². The van der Waals surface area contributed by atoms with E-state index in [0.29, 0.717) is 19.6 Å². The SMILES string of the molecule is Cc1ccc2c(c1)c1c(n2CC(O)c2ccncc2)CC[N+](C)([O-])C1. The summed E-state index contributed by atoms with van der Waals surface area (Å²) in [6.45, 7) is 3.63. The van der Waals surface area contributed by atoms with Crippen molar-refractivity contribution >= 4 is 10.9 Å². The van der Waals surface area contributed by atoms with Crippen LogP contribution in [0.25, 0.3) is 10.9 Å². The Labute approximate surface area is 147 Å². The number of likely N-dealkylation sites (N-methyl/N-ethyl adjacent to an activating group) is 1. The van der Waals surface area contributed by atoms with E-state index in [-0.39, 0.29) is 4.65 Å². The molecule has 130 valence electrons. The van der Waals surface area contributed by atoms with Gasteiger partial charge in [-0.15, -0.1) is 0 Å². The first-order valence-electron chi connectivity index (χ1n) is 8.69. The number of quaternary nitrogens is 1. The average molecular weight is 337 g/mol. The molecule has 2 atom stereocenters. The molecule has 0 spiro atoms. The molecule has 0 aliphatic carbocycles. The highest BCUT2D eigenvalue weighted by atomic mass is 16.5. The molecule has 2 aromatic heterocycles. The summed E-state index contributed by atoms with van der Waals surface area (Å²) in [5.41, 5.74) is 5.49. The van der Waals surface area contributed by atoms with Gasteiger partial charge in [-0.1, -0.05) is 11.6 Å². The standard InChI is InChI=1S/C20H23N3O2/c1-14-3-4-18-16(11-14)17-13-23(2,25)10-7-19(17)22(18)12-20(24)15-5-8-21-9-6-15/h3-6,8-9,11,20,24H,7,10,12-13H2,1-2H3. The van der Waals surface area contributed by atoms with Crippen LogP contribution in [0.4, 0.5) is 0 Å². The van der Waals surface area contributed by atoms with Crippen molar-refractivity contribution in [2.75, 3.05) is 13.6 Å². The molecule has 0 saturated carbocycles. The fourth-order valence-electron chi connectivity index (χ4n) is 3.88. The zero-order valence-electron chi connectivity index (χ0n) is 14.6. The van der Waals surface area contributed by atoms with Gasteiger partial charge >= 0.3 is 0 Å². The molecule has 0 amide bonds. The first-order chi connectivity index (χ1) is 11.9. The molecular formula is C20H23N3O2. The van der Waals surface area contributed by atoms with Gasteiger partial charge in [0.15, 0.2) is 0 Å². The maximum atomic E-state index is 12.5. The predicted octanol–water partition coefficient (Wildman–Crippen LogP) is 3.08. The second-order valence-electron chi connectivity index (χ2n) is 7.28. The van der Waals surface area contributed by atoms with Crippen LogP contribution in [0.2, 0.25) is 0 Å². The highest BCUT2D eigenvalue weighted by molar-refractivity contribution is 5.86. The van der Waals surface area contributed by atoms with Crippen molar-refractivity contribution in [1.82, 2.24) is 9.55 Å². The second-order valence-corrected chi connectivity index (χ2v) is 7.28. The summed E-state index contributed by atoms with van der Waals surface area (Å²) in [4.78, 5) is 4.02. The van der Waals surface area contributed by atoms with Crippen molar-refractivity contribution in [3.63, 3.8) is 0 Å². The summed E-state index contributed by atoms with van der Waals surface area (Å²) in [6.07, 6.45) is 3.54. The summed E-state index contributed by atoms with van der Waals surface area (Å²) < 4.78 is 1.97. The van der Waals surface area contributed by atoms with Crippen LogP contribution >= 0.6 is 0 Å². The van der Waals surface area contributed by atoms with E-state index < -0.39 is 6.10 Å². The van der Waals surface area contributed by atoms with Gasteiger partial charge in [0.05, 0.1) is 26.2 Å². The molecular weight excluding hydrogens is 314 g/mol. The second kappa shape index (κ2) is 5.95. The summed E-state index contributed by atoms with van der Waals surface area (Å²) in [5, 5.41) is 24.4. The number of aliphatic hydroxyl groups is 1. The number of nitrogens with zero attached hydrogens (tertiary/aromatic N) is 3. The van der Waals surface area contributed by atoms with Crippen molar-refractivity contribution in [2.45, 2.75) is 32.5 Å². The Morgan fingerprint density at radius 3 is 2.80 bits per heavy atom. The third-order valence-corrected chi connectivity index (χ3v) is 5.20. The summed E-state index contributed by atoms with van der Waals surface area (Å²) in [6, 6.07) is 10.1. The normalized spacial score (nSPS) is 21.3. The van der Waals surface area contributed by atoms with Gasteiger partial charge in [0, 0.05) is 41.0 Å². The predicted molar refractivity (Wildman–Crippen MR) is 97.7 cm³/mol. The van der Waals surface area contributed by atoms with Gasteiger partial charge in [0.2, 0.25) is 0 Å². The maximum Gasteiger partial charge on any atom is 0.106 e. The molecule has 4 rings (SSSR count). The molecule has 2 unspecified atom stereocenters. The minimum Gasteiger partial charge on any atom is -0.633 e. The lowest BCUT2D eigenvalue weighted by Crippen LogP contribution is -2.42. The van der Waals surface area contributed by atoms with Gasteiger partial charge in [-0.3, -0.25) is 4.98 Å². The Morgan fingerprint density at radius 2 is 2.04 bits per heavy atom. The molecule has 5 nitrogen and oxygen atoms in total. The monoisotopic (exact) mass is 337 g/mol. The van der Waals surface area contributed by atoms with Crippen LogP contribution in [0.5, 0.6) is 0 Å². The molecule has 25 heavy (non-hydrogen) atoms. The Hall–Kier alpha value is -2.21. The fourth-order valence-corrected chi connectivity index (χ4v) is 3.88. The molecule has 3 heterocycles. The van der Waals surface area contributed by atoms with Crippen LogP contribution in [-0.2, 0) is 19.5 Å². The summed E-state index contributed by atoms with van der Waals surface area (Å²) in [7, 11) is 1.74. The lowest BCUT2D eigenvalue weighted by molar-refractivity contribution is -0.876. The zero-order chi connectivity index (χ0) is 17.6. The lowest BCUT2D eigenvalue weighted by Gasteiger charge is -2.41. The first kappa shape index (κ1) is 16.3. The van der Waals surface area contributed by atoms with E-state index in [9.17, 15) is 10.3 Å². The van der Waals surface area contributed by atoms with Crippen LogP contribution in [-0.4, -0.2) is 32.9 Å². The van der Waals surface area contributed by atoms with E-state index in [1.165, 1.54) is 11.3 Å². The van der Waals surface area contributed by atoms with Gasteiger partial charge in [-0.2, -0.15) is 0 Å². The maximum absolute atomic E-state index is 12.5. The molecule has 1 N–H and O–H groups in total. The Bertz CT molecular complexity index is 916. The van der Waals surface area contributed by atoms with E-state index in [2.05, 4.69) is 34.7 Å². The van der Waals surface area contributed by atoms with E-state index in [1.54, 1.807) is 19.4 Å². The van der Waals surface area contributed by atoms with Gasteiger partial charge in [-0.25, -0.2) is 0 Å². The summed E-state index contributed by atoms with van der Waals surface area (Å²) >= 11 is 0. The molecule has 0 bridgehead atoms. The van der Waals surface area contributed by atoms with Gasteiger partial charge in [0.1, 0.15) is 6.54 Å². The van der Waals surface area contributed by atoms with Crippen LogP contribution < -0.4 is 0 Å². The first-order valence-corrected chi connectivity index (χ1v) is 8.69. The van der Waals surface area contributed by atoms with Crippen molar-refractivity contribution in [3.05, 3.63) is 70.3 Å². The zero-order valence-corrected chi connectivity index (χ0v) is 14.6. The minimum absolute atomic E-state index is 0.229. The van der Waals surface area contributed by atoms with Crippen LogP contribution in [0.15, 0.2) is 42.7 Å². The van der Waals surface area contributed by atoms with E-state index in [1.807, 2.05) is 12.1 Å². The van der Waals surface area contributed by atoms with Crippen molar-refractivity contribution in [3.8, 4) is 0 Å². The number of aryl methyl sites for hydroxylation is 1. The number of rotatable bonds is 3. The summed E-state index contributed by atoms with van der Waals surface area (Å²) in [5.74, 6) is 0. The molecule has 1 aliphatic rings. The van der Waals surface area contributed by atoms with Crippen molar-refractivity contribution < 1.29 is 9.75 Å². The van der Waals surface area contributed by atoms with Crippen LogP contribution in [0.1, 0.15) is 28.5 Å². The average Bonchev–Trinajstić information content (AvgIpc) is 2.87. The number of hydrogen-bond acceptors (Lipinski definition) is 3. The number of pyridine rings is 1. The third-order valence-electron chi connectivity index (χ3n) is 5.20. The Kier molecular flexibility index (Phi) is 3.87. The van der Waals surface area contributed by atoms with Gasteiger partial charge in [0.25, 0.3) is 0 Å². The number of fused-ring (bicyclic) bond motifs is 3. The molecule has 3 aromatic rings. The van der Waals surface area contributed by atoms with Crippen LogP contribution in [0, 0.1) is 12.1 Å². The molecule has 1 aliphatic heterocycles. The van der Waals surface area contributed by atoms with E-state index >= 15 is 0 Å². The third kappa shape index (κ3) is 2.95. The number of hydroxylamine groups is 3.